The van der Waals surface area contributed by atoms with E-state index in [2.05, 4.69) is 0 Å². The molecule has 2 aromatic rings. The number of nitrogens with zero attached hydrogens (tertiary/aromatic N) is 1. The molecule has 0 bridgehead atoms. The second kappa shape index (κ2) is 10.9. The molecule has 0 aromatic heterocycles. The van der Waals surface area contributed by atoms with Crippen molar-refractivity contribution in [3.8, 4) is 0 Å². The molecule has 1 amide bonds. The average Bonchev–Trinajstić information content (AvgIpc) is 3.07. The number of carbonyl (C=O) groups excluding carboxylic acids is 4. The van der Waals surface area contributed by atoms with E-state index in [1.807, 2.05) is 0 Å². The van der Waals surface area contributed by atoms with E-state index in [4.69, 9.17) is 14.2 Å². The fraction of sp³-hybridized carbons (Fsp3) is 0.407. The van der Waals surface area contributed by atoms with Crippen molar-refractivity contribution < 1.29 is 38.5 Å². The van der Waals surface area contributed by atoms with Gasteiger partial charge in [-0.2, -0.15) is 0 Å². The van der Waals surface area contributed by atoms with Crippen LogP contribution < -0.4 is 0 Å². The van der Waals surface area contributed by atoms with E-state index in [9.17, 15) is 24.3 Å². The molecular formula is C27H31NO8. The molecule has 1 aliphatic heterocycles. The largest absolute Gasteiger partial charge is 0.467 e. The van der Waals surface area contributed by atoms with Crippen LogP contribution in [0, 0.1) is 5.92 Å². The molecule has 1 aliphatic rings. The Bertz CT molecular complexity index is 1040. The maximum Gasteiger partial charge on any atom is 0.347 e. The van der Waals surface area contributed by atoms with Crippen LogP contribution in [0.1, 0.15) is 38.3 Å². The van der Waals surface area contributed by atoms with Gasteiger partial charge in [-0.05, 0) is 24.0 Å². The second-order valence-electron chi connectivity index (χ2n) is 9.26. The van der Waals surface area contributed by atoms with E-state index >= 15 is 0 Å². The van der Waals surface area contributed by atoms with Crippen LogP contribution in [0.3, 0.4) is 0 Å². The number of hydrogen-bond acceptors (Lipinski definition) is 8. The third-order valence-corrected chi connectivity index (χ3v) is 6.27. The second-order valence-corrected chi connectivity index (χ2v) is 9.26. The first-order valence-electron chi connectivity index (χ1n) is 11.6. The molecule has 0 radical (unpaired) electrons. The van der Waals surface area contributed by atoms with Gasteiger partial charge in [-0.1, -0.05) is 74.5 Å². The molecule has 1 N–H and O–H groups in total. The molecule has 2 unspecified atom stereocenters. The van der Waals surface area contributed by atoms with Crippen LogP contribution in [-0.4, -0.2) is 58.1 Å². The molecule has 36 heavy (non-hydrogen) atoms. The zero-order valence-electron chi connectivity index (χ0n) is 20.8. The Kier molecular flexibility index (Phi) is 8.14. The van der Waals surface area contributed by atoms with Gasteiger partial charge in [-0.3, -0.25) is 4.79 Å². The van der Waals surface area contributed by atoms with Crippen molar-refractivity contribution in [3.05, 3.63) is 71.8 Å². The van der Waals surface area contributed by atoms with Crippen molar-refractivity contribution in [1.82, 2.24) is 4.90 Å². The first kappa shape index (κ1) is 26.9. The molecule has 9 heteroatoms. The number of likely N-dealkylation sites (tertiary alicyclic amines) is 1. The smallest absolute Gasteiger partial charge is 0.347 e. The van der Waals surface area contributed by atoms with Crippen LogP contribution in [-0.2, 0) is 46.6 Å². The maximum atomic E-state index is 13.8. The number of benzene rings is 2. The summed E-state index contributed by atoms with van der Waals surface area (Å²) in [6.45, 7) is 4.01. The van der Waals surface area contributed by atoms with Gasteiger partial charge in [-0.15, -0.1) is 0 Å². The molecule has 9 nitrogen and oxygen atoms in total. The van der Waals surface area contributed by atoms with Gasteiger partial charge in [-0.25, -0.2) is 14.4 Å². The first-order valence-corrected chi connectivity index (χ1v) is 11.6. The SMILES string of the molecule is COC(=O)C(C(C)C)N1C(=O)CC(C)(O)C1(C(=O)OCc1ccccc1)C(=O)OCc1ccccc1. The monoisotopic (exact) mass is 497 g/mol. The van der Waals surface area contributed by atoms with E-state index in [1.165, 1.54) is 6.92 Å². The minimum atomic E-state index is -2.64. The van der Waals surface area contributed by atoms with Crippen LogP contribution >= 0.6 is 0 Å². The van der Waals surface area contributed by atoms with Crippen molar-refractivity contribution in [2.75, 3.05) is 7.11 Å². The number of hydrogen-bond donors (Lipinski definition) is 1. The fourth-order valence-electron chi connectivity index (χ4n) is 4.49. The molecule has 1 fully saturated rings. The zero-order chi connectivity index (χ0) is 26.5. The highest BCUT2D eigenvalue weighted by atomic mass is 16.6. The minimum absolute atomic E-state index is 0.226. The number of ether oxygens (including phenoxy) is 3. The maximum absolute atomic E-state index is 13.8. The van der Waals surface area contributed by atoms with Crippen molar-refractivity contribution >= 4 is 23.8 Å². The lowest BCUT2D eigenvalue weighted by Gasteiger charge is -2.43. The summed E-state index contributed by atoms with van der Waals surface area (Å²) in [5, 5.41) is 11.4. The molecule has 0 spiro atoms. The quantitative estimate of drug-likeness (QED) is 0.319. The lowest BCUT2D eigenvalue weighted by Crippen LogP contribution is -2.71. The minimum Gasteiger partial charge on any atom is -0.467 e. The Morgan fingerprint density at radius 1 is 0.917 bits per heavy atom. The Morgan fingerprint density at radius 3 is 1.75 bits per heavy atom. The Morgan fingerprint density at radius 2 is 1.36 bits per heavy atom. The number of carbonyl (C=O) groups is 4. The van der Waals surface area contributed by atoms with Crippen molar-refractivity contribution in [3.63, 3.8) is 0 Å². The summed E-state index contributed by atoms with van der Waals surface area (Å²) >= 11 is 0. The summed E-state index contributed by atoms with van der Waals surface area (Å²) in [5.41, 5.74) is -3.63. The highest BCUT2D eigenvalue weighted by molar-refractivity contribution is 6.13. The molecular weight excluding hydrogens is 466 g/mol. The Balaban J connectivity index is 2.09. The molecule has 3 rings (SSSR count). The van der Waals surface area contributed by atoms with Crippen molar-refractivity contribution in [1.29, 1.82) is 0 Å². The topological polar surface area (TPSA) is 119 Å². The summed E-state index contributed by atoms with van der Waals surface area (Å²) in [7, 11) is 1.14. The van der Waals surface area contributed by atoms with Gasteiger partial charge >= 0.3 is 17.9 Å². The Hall–Kier alpha value is -3.72. The van der Waals surface area contributed by atoms with E-state index in [0.29, 0.717) is 11.1 Å². The Labute approximate surface area is 209 Å². The van der Waals surface area contributed by atoms with Crippen molar-refractivity contribution in [2.24, 2.45) is 5.92 Å². The third kappa shape index (κ3) is 4.97. The van der Waals surface area contributed by atoms with Gasteiger partial charge in [0.1, 0.15) is 24.9 Å². The van der Waals surface area contributed by atoms with Gasteiger partial charge in [0, 0.05) is 0 Å². The summed E-state index contributed by atoms with van der Waals surface area (Å²) < 4.78 is 15.9. The summed E-state index contributed by atoms with van der Waals surface area (Å²) in [6, 6.07) is 16.1. The van der Waals surface area contributed by atoms with Gasteiger partial charge in [0.25, 0.3) is 5.54 Å². The van der Waals surface area contributed by atoms with Crippen molar-refractivity contribution in [2.45, 2.75) is 57.6 Å². The van der Waals surface area contributed by atoms with E-state index in [1.54, 1.807) is 74.5 Å². The van der Waals surface area contributed by atoms with Gasteiger partial charge in [0.2, 0.25) is 5.91 Å². The van der Waals surface area contributed by atoms with Gasteiger partial charge in [0.15, 0.2) is 0 Å². The van der Waals surface area contributed by atoms with E-state index in [0.717, 1.165) is 12.0 Å². The first-order chi connectivity index (χ1) is 17.1. The normalized spacial score (nSPS) is 19.6. The lowest BCUT2D eigenvalue weighted by molar-refractivity contribution is -0.195. The highest BCUT2D eigenvalue weighted by Crippen LogP contribution is 2.44. The standard InChI is InChI=1S/C27H31NO8/c1-18(2)22(23(30)34-4)28-21(29)15-26(3,33)27(28,24(31)35-16-19-11-7-5-8-12-19)25(32)36-17-20-13-9-6-10-14-20/h5-14,18,22,33H,15-17H2,1-4H3. The van der Waals surface area contributed by atoms with E-state index < -0.39 is 53.3 Å². The van der Waals surface area contributed by atoms with Gasteiger partial charge < -0.3 is 24.2 Å². The van der Waals surface area contributed by atoms with Crippen LogP contribution in [0.2, 0.25) is 0 Å². The number of esters is 3. The van der Waals surface area contributed by atoms with Gasteiger partial charge in [0.05, 0.1) is 13.5 Å². The molecule has 2 aromatic carbocycles. The predicted molar refractivity (Wildman–Crippen MR) is 128 cm³/mol. The number of rotatable bonds is 9. The molecule has 0 saturated carbocycles. The highest BCUT2D eigenvalue weighted by Gasteiger charge is 2.73. The zero-order valence-corrected chi connectivity index (χ0v) is 20.8. The molecule has 192 valence electrons. The third-order valence-electron chi connectivity index (χ3n) is 6.27. The summed E-state index contributed by atoms with van der Waals surface area (Å²) in [4.78, 5) is 54.4. The molecule has 2 atom stereocenters. The number of methoxy groups -OCH3 is 1. The molecule has 0 aliphatic carbocycles. The van der Waals surface area contributed by atoms with Crippen LogP contribution in [0.4, 0.5) is 0 Å². The molecule has 1 saturated heterocycles. The van der Waals surface area contributed by atoms with Crippen LogP contribution in [0.15, 0.2) is 60.7 Å². The molecule has 1 heterocycles. The number of aliphatic hydroxyl groups is 1. The number of amides is 1. The van der Waals surface area contributed by atoms with E-state index in [-0.39, 0.29) is 13.2 Å². The lowest BCUT2D eigenvalue weighted by atomic mass is 9.80. The van der Waals surface area contributed by atoms with Crippen LogP contribution in [0.25, 0.3) is 0 Å². The summed E-state index contributed by atoms with van der Waals surface area (Å²) in [5.74, 6) is -4.59. The average molecular weight is 498 g/mol. The predicted octanol–water partition coefficient (Wildman–Crippen LogP) is 2.39. The fourth-order valence-corrected chi connectivity index (χ4v) is 4.49. The summed E-state index contributed by atoms with van der Waals surface area (Å²) in [6.07, 6.45) is -0.603. The van der Waals surface area contributed by atoms with Crippen LogP contribution in [0.5, 0.6) is 0 Å².